The van der Waals surface area contributed by atoms with Gasteiger partial charge in [0.1, 0.15) is 4.88 Å². The third-order valence-electron chi connectivity index (χ3n) is 2.10. The van der Waals surface area contributed by atoms with E-state index in [2.05, 4.69) is 46.8 Å². The smallest absolute Gasteiger partial charge is 0.265 e. The lowest BCUT2D eigenvalue weighted by Gasteiger charge is -2.25. The molecule has 0 saturated heterocycles. The van der Waals surface area contributed by atoms with Crippen molar-refractivity contribution in [3.05, 3.63) is 10.6 Å². The Hall–Kier alpha value is -0.0100. The lowest BCUT2D eigenvalue weighted by molar-refractivity contribution is 0.0926. The van der Waals surface area contributed by atoms with E-state index in [1.807, 2.05) is 13.8 Å². The molecule has 1 amide bonds. The van der Waals surface area contributed by atoms with E-state index >= 15 is 0 Å². The van der Waals surface area contributed by atoms with Gasteiger partial charge in [-0.25, -0.2) is 0 Å². The number of amides is 1. The zero-order valence-corrected chi connectivity index (χ0v) is 13.1. The Morgan fingerprint density at radius 3 is 2.62 bits per heavy atom. The molecule has 1 N–H and O–H groups in total. The maximum Gasteiger partial charge on any atom is 0.265 e. The highest BCUT2D eigenvalue weighted by atomic mass is 79.9. The largest absolute Gasteiger partial charge is 0.344 e. The van der Waals surface area contributed by atoms with Crippen LogP contribution in [0.25, 0.3) is 0 Å². The number of aryl methyl sites for hydroxylation is 1. The van der Waals surface area contributed by atoms with E-state index in [9.17, 15) is 4.79 Å². The maximum absolute atomic E-state index is 12.0. The number of nitrogens with one attached hydrogen (secondary N) is 1. The van der Waals surface area contributed by atoms with Gasteiger partial charge in [-0.3, -0.25) is 4.79 Å². The SMILES string of the molecule is CCc1nnsc1C(=O)NC(C)(CBr)CBr. The van der Waals surface area contributed by atoms with Crippen molar-refractivity contribution in [2.24, 2.45) is 0 Å². The number of nitrogens with zero attached hydrogens (tertiary/aromatic N) is 2. The first-order chi connectivity index (χ1) is 7.56. The Labute approximate surface area is 116 Å². The standard InChI is InChI=1S/C9H13Br2N3OS/c1-3-6-7(16-14-13-6)8(15)12-9(2,4-10)5-11/h3-5H2,1-2H3,(H,12,15). The molecule has 0 saturated carbocycles. The van der Waals surface area contributed by atoms with Gasteiger partial charge in [-0.2, -0.15) is 0 Å². The summed E-state index contributed by atoms with van der Waals surface area (Å²) in [5.74, 6) is -0.103. The van der Waals surface area contributed by atoms with Crippen LogP contribution in [0.3, 0.4) is 0 Å². The fourth-order valence-electron chi connectivity index (χ4n) is 1.05. The first-order valence-corrected chi connectivity index (χ1v) is 7.83. The van der Waals surface area contributed by atoms with Crippen LogP contribution in [-0.4, -0.2) is 31.7 Å². The second kappa shape index (κ2) is 6.07. The first kappa shape index (κ1) is 14.1. The van der Waals surface area contributed by atoms with Crippen LogP contribution in [0.2, 0.25) is 0 Å². The van der Waals surface area contributed by atoms with Gasteiger partial charge in [0.2, 0.25) is 0 Å². The van der Waals surface area contributed by atoms with Crippen molar-refractivity contribution in [2.75, 3.05) is 10.7 Å². The lowest BCUT2D eigenvalue weighted by atomic mass is 10.1. The van der Waals surface area contributed by atoms with Crippen LogP contribution >= 0.6 is 43.4 Å². The van der Waals surface area contributed by atoms with Crippen LogP contribution in [-0.2, 0) is 6.42 Å². The third kappa shape index (κ3) is 3.24. The highest BCUT2D eigenvalue weighted by Crippen LogP contribution is 2.16. The van der Waals surface area contributed by atoms with Crippen LogP contribution in [0.1, 0.15) is 29.2 Å². The fraction of sp³-hybridized carbons (Fsp3) is 0.667. The summed E-state index contributed by atoms with van der Waals surface area (Å²) in [6.45, 7) is 3.93. The molecule has 0 aliphatic heterocycles. The summed E-state index contributed by atoms with van der Waals surface area (Å²) in [5.41, 5.74) is 0.459. The number of aromatic nitrogens is 2. The number of halogens is 2. The van der Waals surface area contributed by atoms with Crippen LogP contribution in [0.5, 0.6) is 0 Å². The van der Waals surface area contributed by atoms with Crippen molar-refractivity contribution >= 4 is 49.3 Å². The van der Waals surface area contributed by atoms with Gasteiger partial charge in [0.15, 0.2) is 0 Å². The average molecular weight is 371 g/mol. The molecule has 4 nitrogen and oxygen atoms in total. The van der Waals surface area contributed by atoms with Gasteiger partial charge < -0.3 is 5.32 Å². The molecule has 1 heterocycles. The number of hydrogen-bond donors (Lipinski definition) is 1. The van der Waals surface area contributed by atoms with Crippen molar-refractivity contribution < 1.29 is 4.79 Å². The van der Waals surface area contributed by atoms with Gasteiger partial charge >= 0.3 is 0 Å². The van der Waals surface area contributed by atoms with Gasteiger partial charge in [0.25, 0.3) is 5.91 Å². The van der Waals surface area contributed by atoms with Gasteiger partial charge in [-0.15, -0.1) is 5.10 Å². The van der Waals surface area contributed by atoms with Crippen LogP contribution in [0.4, 0.5) is 0 Å². The Morgan fingerprint density at radius 2 is 2.12 bits per heavy atom. The zero-order valence-electron chi connectivity index (χ0n) is 9.09. The van der Waals surface area contributed by atoms with Gasteiger partial charge in [-0.05, 0) is 24.9 Å². The van der Waals surface area contributed by atoms with Crippen LogP contribution in [0.15, 0.2) is 0 Å². The van der Waals surface area contributed by atoms with Crippen LogP contribution in [0, 0.1) is 0 Å². The molecule has 0 radical (unpaired) electrons. The Kier molecular flexibility index (Phi) is 5.33. The molecule has 1 rings (SSSR count). The summed E-state index contributed by atoms with van der Waals surface area (Å²) >= 11 is 7.91. The van der Waals surface area contributed by atoms with Gasteiger partial charge in [0, 0.05) is 10.7 Å². The minimum atomic E-state index is -0.300. The van der Waals surface area contributed by atoms with E-state index in [-0.39, 0.29) is 11.4 Å². The number of alkyl halides is 2. The minimum Gasteiger partial charge on any atom is -0.344 e. The molecule has 0 unspecified atom stereocenters. The summed E-state index contributed by atoms with van der Waals surface area (Å²) in [5, 5.41) is 8.26. The molecule has 1 aromatic heterocycles. The molecule has 90 valence electrons. The molecule has 0 fully saturated rings. The molecule has 0 spiro atoms. The highest BCUT2D eigenvalue weighted by molar-refractivity contribution is 9.09. The number of carbonyl (C=O) groups excluding carboxylic acids is 1. The molecule has 0 aromatic carbocycles. The van der Waals surface area contributed by atoms with Gasteiger partial charge in [-0.1, -0.05) is 43.3 Å². The van der Waals surface area contributed by atoms with Crippen molar-refractivity contribution in [1.29, 1.82) is 0 Å². The molecule has 0 aliphatic rings. The number of carbonyl (C=O) groups is 1. The van der Waals surface area contributed by atoms with E-state index in [1.54, 1.807) is 0 Å². The Balaban J connectivity index is 2.80. The predicted molar refractivity (Wildman–Crippen MR) is 72.7 cm³/mol. The predicted octanol–water partition coefficient (Wildman–Crippen LogP) is 2.38. The summed E-state index contributed by atoms with van der Waals surface area (Å²) in [6.07, 6.45) is 0.721. The molecule has 1 aromatic rings. The molecular weight excluding hydrogens is 358 g/mol. The van der Waals surface area contributed by atoms with E-state index in [1.165, 1.54) is 0 Å². The Morgan fingerprint density at radius 1 is 1.50 bits per heavy atom. The summed E-state index contributed by atoms with van der Waals surface area (Å²) < 4.78 is 3.80. The van der Waals surface area contributed by atoms with Crippen molar-refractivity contribution in [2.45, 2.75) is 25.8 Å². The van der Waals surface area contributed by atoms with Crippen molar-refractivity contribution in [1.82, 2.24) is 14.9 Å². The molecule has 16 heavy (non-hydrogen) atoms. The van der Waals surface area contributed by atoms with Crippen molar-refractivity contribution in [3.8, 4) is 0 Å². The summed E-state index contributed by atoms with van der Waals surface area (Å²) in [4.78, 5) is 12.6. The van der Waals surface area contributed by atoms with E-state index in [0.717, 1.165) is 23.6 Å². The van der Waals surface area contributed by atoms with E-state index in [0.29, 0.717) is 15.5 Å². The van der Waals surface area contributed by atoms with Crippen LogP contribution < -0.4 is 5.32 Å². The van der Waals surface area contributed by atoms with Gasteiger partial charge in [0.05, 0.1) is 11.2 Å². The molecule has 7 heteroatoms. The average Bonchev–Trinajstić information content (AvgIpc) is 2.76. The maximum atomic E-state index is 12.0. The topological polar surface area (TPSA) is 54.9 Å². The lowest BCUT2D eigenvalue weighted by Crippen LogP contribution is -2.48. The van der Waals surface area contributed by atoms with E-state index < -0.39 is 0 Å². The Bertz CT molecular complexity index is 365. The third-order valence-corrected chi connectivity index (χ3v) is 5.34. The zero-order chi connectivity index (χ0) is 12.2. The molecule has 0 atom stereocenters. The number of hydrogen-bond acceptors (Lipinski definition) is 4. The normalized spacial score (nSPS) is 11.5. The minimum absolute atomic E-state index is 0.103. The number of rotatable bonds is 5. The molecular formula is C9H13Br2N3OS. The van der Waals surface area contributed by atoms with Crippen molar-refractivity contribution in [3.63, 3.8) is 0 Å². The molecule has 0 aliphatic carbocycles. The summed E-state index contributed by atoms with van der Waals surface area (Å²) in [7, 11) is 0. The second-order valence-corrected chi connectivity index (χ2v) is 5.56. The first-order valence-electron chi connectivity index (χ1n) is 4.82. The molecule has 0 bridgehead atoms. The highest BCUT2D eigenvalue weighted by Gasteiger charge is 2.26. The van der Waals surface area contributed by atoms with E-state index in [4.69, 9.17) is 0 Å². The second-order valence-electron chi connectivity index (χ2n) is 3.68. The monoisotopic (exact) mass is 369 g/mol. The quantitative estimate of drug-likeness (QED) is 0.809. The fourth-order valence-corrected chi connectivity index (χ4v) is 2.90. The summed E-state index contributed by atoms with van der Waals surface area (Å²) in [6, 6.07) is 0.